The number of hydrogen-bond donors (Lipinski definition) is 1. The van der Waals surface area contributed by atoms with Gasteiger partial charge in [0, 0.05) is 5.02 Å². The first-order chi connectivity index (χ1) is 11.9. The summed E-state index contributed by atoms with van der Waals surface area (Å²) in [6.45, 7) is 3.76. The predicted octanol–water partition coefficient (Wildman–Crippen LogP) is 3.62. The summed E-state index contributed by atoms with van der Waals surface area (Å²) in [5.41, 5.74) is 2.77. The average molecular weight is 355 g/mol. The molecule has 0 radical (unpaired) electrons. The van der Waals surface area contributed by atoms with E-state index < -0.39 is 17.8 Å². The third-order valence-electron chi connectivity index (χ3n) is 3.90. The number of amides is 4. The molecule has 2 aromatic rings. The maximum Gasteiger partial charge on any atom is 0.335 e. The van der Waals surface area contributed by atoms with Crippen LogP contribution >= 0.6 is 11.6 Å². The molecule has 2 aromatic carbocycles. The fourth-order valence-corrected chi connectivity index (χ4v) is 2.62. The predicted molar refractivity (Wildman–Crippen MR) is 96.4 cm³/mol. The first-order valence-corrected chi connectivity index (χ1v) is 7.99. The molecule has 0 saturated carbocycles. The molecule has 1 aliphatic rings. The average Bonchev–Trinajstić information content (AvgIpc) is 2.56. The molecule has 0 bridgehead atoms. The molecule has 0 aromatic heterocycles. The van der Waals surface area contributed by atoms with E-state index in [1.165, 1.54) is 12.1 Å². The van der Waals surface area contributed by atoms with Gasteiger partial charge in [-0.25, -0.2) is 9.69 Å². The molecule has 0 aliphatic carbocycles. The Hall–Kier alpha value is -2.92. The van der Waals surface area contributed by atoms with Crippen molar-refractivity contribution >= 4 is 41.2 Å². The summed E-state index contributed by atoms with van der Waals surface area (Å²) in [5, 5.41) is 2.62. The monoisotopic (exact) mass is 354 g/mol. The summed E-state index contributed by atoms with van der Waals surface area (Å²) in [4.78, 5) is 37.9. The van der Waals surface area contributed by atoms with Gasteiger partial charge in [-0.15, -0.1) is 0 Å². The summed E-state index contributed by atoms with van der Waals surface area (Å²) >= 11 is 6.09. The number of rotatable bonds is 2. The van der Waals surface area contributed by atoms with Crippen molar-refractivity contribution in [3.8, 4) is 0 Å². The quantitative estimate of drug-likeness (QED) is 0.661. The molecule has 25 heavy (non-hydrogen) atoms. The smallest absolute Gasteiger partial charge is 0.273 e. The van der Waals surface area contributed by atoms with Gasteiger partial charge in [0.1, 0.15) is 5.57 Å². The molecule has 6 heteroatoms. The third kappa shape index (κ3) is 3.32. The Balaban J connectivity index is 2.02. The van der Waals surface area contributed by atoms with Gasteiger partial charge < -0.3 is 0 Å². The van der Waals surface area contributed by atoms with E-state index in [1.54, 1.807) is 24.3 Å². The fourth-order valence-electron chi connectivity index (χ4n) is 2.44. The van der Waals surface area contributed by atoms with Crippen molar-refractivity contribution in [3.63, 3.8) is 0 Å². The van der Waals surface area contributed by atoms with Gasteiger partial charge in [-0.3, -0.25) is 14.9 Å². The molecular formula is C19H15ClN2O3. The Kier molecular flexibility index (Phi) is 4.42. The highest BCUT2D eigenvalue weighted by Gasteiger charge is 2.36. The lowest BCUT2D eigenvalue weighted by Gasteiger charge is -2.26. The van der Waals surface area contributed by atoms with Crippen LogP contribution in [0.25, 0.3) is 6.08 Å². The molecule has 1 heterocycles. The van der Waals surface area contributed by atoms with Gasteiger partial charge in [0.05, 0.1) is 5.69 Å². The number of imide groups is 2. The van der Waals surface area contributed by atoms with Crippen molar-refractivity contribution in [3.05, 3.63) is 69.8 Å². The van der Waals surface area contributed by atoms with E-state index in [2.05, 4.69) is 5.32 Å². The van der Waals surface area contributed by atoms with Gasteiger partial charge in [-0.1, -0.05) is 47.5 Å². The Bertz CT molecular complexity index is 917. The number of carbonyl (C=O) groups is 3. The second-order valence-electron chi connectivity index (χ2n) is 5.80. The first-order valence-electron chi connectivity index (χ1n) is 7.61. The Labute approximate surface area is 149 Å². The number of urea groups is 1. The second kappa shape index (κ2) is 6.53. The van der Waals surface area contributed by atoms with Gasteiger partial charge >= 0.3 is 6.03 Å². The normalized spacial score (nSPS) is 16.4. The van der Waals surface area contributed by atoms with Crippen LogP contribution in [0, 0.1) is 13.8 Å². The van der Waals surface area contributed by atoms with Gasteiger partial charge in [0.25, 0.3) is 11.8 Å². The van der Waals surface area contributed by atoms with E-state index in [-0.39, 0.29) is 5.57 Å². The van der Waals surface area contributed by atoms with Gasteiger partial charge in [0.2, 0.25) is 0 Å². The van der Waals surface area contributed by atoms with Crippen LogP contribution in [0.3, 0.4) is 0 Å². The Morgan fingerprint density at radius 3 is 2.32 bits per heavy atom. The van der Waals surface area contributed by atoms with E-state index in [1.807, 2.05) is 26.0 Å². The van der Waals surface area contributed by atoms with E-state index in [4.69, 9.17) is 11.6 Å². The molecule has 126 valence electrons. The number of carbonyl (C=O) groups excluding carboxylic acids is 3. The zero-order chi connectivity index (χ0) is 18.1. The zero-order valence-electron chi connectivity index (χ0n) is 13.7. The maximum atomic E-state index is 12.7. The van der Waals surface area contributed by atoms with Crippen LogP contribution in [-0.4, -0.2) is 17.8 Å². The number of barbiturate groups is 1. The van der Waals surface area contributed by atoms with Crippen LogP contribution in [-0.2, 0) is 9.59 Å². The lowest BCUT2D eigenvalue weighted by Crippen LogP contribution is -2.54. The number of halogens is 1. The number of benzene rings is 2. The molecule has 0 spiro atoms. The van der Waals surface area contributed by atoms with Crippen molar-refractivity contribution in [1.82, 2.24) is 5.32 Å². The van der Waals surface area contributed by atoms with Crippen LogP contribution in [0.4, 0.5) is 10.5 Å². The van der Waals surface area contributed by atoms with E-state index >= 15 is 0 Å². The number of anilines is 1. The Morgan fingerprint density at radius 2 is 1.68 bits per heavy atom. The van der Waals surface area contributed by atoms with Crippen LogP contribution in [0.5, 0.6) is 0 Å². The molecule has 1 aliphatic heterocycles. The van der Waals surface area contributed by atoms with E-state index in [9.17, 15) is 14.4 Å². The minimum absolute atomic E-state index is 0.111. The molecular weight excluding hydrogens is 340 g/mol. The summed E-state index contributed by atoms with van der Waals surface area (Å²) in [7, 11) is 0. The van der Waals surface area contributed by atoms with E-state index in [0.717, 1.165) is 16.0 Å². The van der Waals surface area contributed by atoms with Crippen molar-refractivity contribution in [2.75, 3.05) is 4.90 Å². The van der Waals surface area contributed by atoms with Gasteiger partial charge in [-0.05, 0) is 43.2 Å². The lowest BCUT2D eigenvalue weighted by atomic mass is 10.1. The highest BCUT2D eigenvalue weighted by atomic mass is 35.5. The second-order valence-corrected chi connectivity index (χ2v) is 6.21. The summed E-state index contributed by atoms with van der Waals surface area (Å²) in [6.07, 6.45) is 1.46. The van der Waals surface area contributed by atoms with Crippen LogP contribution < -0.4 is 10.2 Å². The summed E-state index contributed by atoms with van der Waals surface area (Å²) in [6, 6.07) is 11.4. The van der Waals surface area contributed by atoms with Crippen molar-refractivity contribution in [2.24, 2.45) is 0 Å². The topological polar surface area (TPSA) is 66.5 Å². The molecule has 4 amide bonds. The minimum atomic E-state index is -0.795. The van der Waals surface area contributed by atoms with Crippen LogP contribution in [0.15, 0.2) is 48.0 Å². The number of nitrogens with zero attached hydrogens (tertiary/aromatic N) is 1. The van der Waals surface area contributed by atoms with Crippen molar-refractivity contribution in [2.45, 2.75) is 13.8 Å². The van der Waals surface area contributed by atoms with E-state index in [0.29, 0.717) is 16.3 Å². The number of nitrogens with one attached hydrogen (secondary N) is 1. The minimum Gasteiger partial charge on any atom is -0.273 e. The summed E-state index contributed by atoms with van der Waals surface area (Å²) in [5.74, 6) is -1.40. The molecule has 1 fully saturated rings. The molecule has 0 atom stereocenters. The zero-order valence-corrected chi connectivity index (χ0v) is 14.4. The number of hydrogen-bond acceptors (Lipinski definition) is 3. The third-order valence-corrected chi connectivity index (χ3v) is 4.31. The highest BCUT2D eigenvalue weighted by Crippen LogP contribution is 2.26. The Morgan fingerprint density at radius 1 is 1.00 bits per heavy atom. The largest absolute Gasteiger partial charge is 0.335 e. The van der Waals surface area contributed by atoms with Crippen molar-refractivity contribution in [1.29, 1.82) is 0 Å². The first kappa shape index (κ1) is 16.9. The maximum absolute atomic E-state index is 12.7. The molecule has 1 saturated heterocycles. The summed E-state index contributed by atoms with van der Waals surface area (Å²) < 4.78 is 0. The highest BCUT2D eigenvalue weighted by molar-refractivity contribution is 6.39. The number of aryl methyl sites for hydroxylation is 2. The molecule has 1 N–H and O–H groups in total. The van der Waals surface area contributed by atoms with Gasteiger partial charge in [0.15, 0.2) is 0 Å². The SMILES string of the molecule is Cc1ccc(C=C2C(=O)NC(=O)N(c3ccc(C)c(Cl)c3)C2=O)cc1. The lowest BCUT2D eigenvalue weighted by molar-refractivity contribution is -0.122. The molecule has 0 unspecified atom stereocenters. The molecule has 3 rings (SSSR count). The van der Waals surface area contributed by atoms with Gasteiger partial charge in [-0.2, -0.15) is 0 Å². The molecule has 5 nitrogen and oxygen atoms in total. The standard InChI is InChI=1S/C19H15ClN2O3/c1-11-3-6-13(7-4-11)9-15-17(23)21-19(25)22(18(15)24)14-8-5-12(2)16(20)10-14/h3-10H,1-2H3,(H,21,23,25). The van der Waals surface area contributed by atoms with Crippen LogP contribution in [0.1, 0.15) is 16.7 Å². The fraction of sp³-hybridized carbons (Fsp3) is 0.105. The van der Waals surface area contributed by atoms with Crippen LogP contribution in [0.2, 0.25) is 5.02 Å². The van der Waals surface area contributed by atoms with Crippen molar-refractivity contribution < 1.29 is 14.4 Å².